The third kappa shape index (κ3) is 1.87. The second-order valence-corrected chi connectivity index (χ2v) is 8.74. The minimum absolute atomic E-state index is 0.100. The number of hydrogen-bond donors (Lipinski definition) is 2. The van der Waals surface area contributed by atoms with Gasteiger partial charge in [-0.2, -0.15) is 0 Å². The Labute approximate surface area is 138 Å². The van der Waals surface area contributed by atoms with Crippen LogP contribution < -0.4 is 5.73 Å². The molecule has 3 aliphatic carbocycles. The summed E-state index contributed by atoms with van der Waals surface area (Å²) >= 11 is 0. The number of nitrogens with zero attached hydrogens (tertiary/aromatic N) is 1. The van der Waals surface area contributed by atoms with Crippen LogP contribution in [0.2, 0.25) is 0 Å². The highest BCUT2D eigenvalue weighted by Crippen LogP contribution is 2.59. The molecule has 1 aromatic rings. The van der Waals surface area contributed by atoms with Gasteiger partial charge < -0.3 is 10.8 Å². The van der Waals surface area contributed by atoms with E-state index in [1.807, 2.05) is 0 Å². The van der Waals surface area contributed by atoms with Gasteiger partial charge >= 0.3 is 0 Å². The number of fused-ring (bicyclic) bond motifs is 1. The number of hydrogen-bond acceptors (Lipinski definition) is 3. The van der Waals surface area contributed by atoms with Crippen molar-refractivity contribution < 1.29 is 5.11 Å². The molecule has 4 atom stereocenters. The van der Waals surface area contributed by atoms with Crippen molar-refractivity contribution in [1.29, 1.82) is 0 Å². The second kappa shape index (κ2) is 4.59. The van der Waals surface area contributed by atoms with E-state index in [9.17, 15) is 5.11 Å². The van der Waals surface area contributed by atoms with Gasteiger partial charge in [0.2, 0.25) is 0 Å². The van der Waals surface area contributed by atoms with Crippen LogP contribution in [0.15, 0.2) is 18.2 Å². The lowest BCUT2D eigenvalue weighted by Gasteiger charge is -2.59. The number of piperidine rings is 1. The Morgan fingerprint density at radius 1 is 1.30 bits per heavy atom. The highest BCUT2D eigenvalue weighted by atomic mass is 16.3. The molecule has 4 aliphatic rings. The molecule has 2 bridgehead atoms. The first-order valence-corrected chi connectivity index (χ1v) is 9.34. The third-order valence-electron chi connectivity index (χ3n) is 7.21. The number of nitrogens with two attached hydrogens (primary N) is 1. The predicted octanol–water partition coefficient (Wildman–Crippen LogP) is 2.13. The zero-order valence-electron chi connectivity index (χ0n) is 14.1. The molecule has 0 spiro atoms. The molecule has 0 aromatic heterocycles. The molecule has 0 unspecified atom stereocenters. The summed E-state index contributed by atoms with van der Waals surface area (Å²) in [7, 11) is 0. The minimum Gasteiger partial charge on any atom is -0.387 e. The van der Waals surface area contributed by atoms with Crippen molar-refractivity contribution in [3.8, 4) is 0 Å². The molecule has 23 heavy (non-hydrogen) atoms. The summed E-state index contributed by atoms with van der Waals surface area (Å²) in [6, 6.07) is 7.28. The smallest absolute Gasteiger partial charge is 0.0917 e. The molecule has 3 nitrogen and oxygen atoms in total. The zero-order valence-corrected chi connectivity index (χ0v) is 14.1. The summed E-state index contributed by atoms with van der Waals surface area (Å²) in [5.74, 6) is 0.876. The normalized spacial score (nSPS) is 42.4. The quantitative estimate of drug-likeness (QED) is 0.879. The Kier molecular flexibility index (Phi) is 2.88. The summed E-state index contributed by atoms with van der Waals surface area (Å²) in [5, 5.41) is 11.9. The molecular formula is C20H28N2O. The zero-order chi connectivity index (χ0) is 15.8. The maximum atomic E-state index is 11.9. The van der Waals surface area contributed by atoms with E-state index < -0.39 is 5.60 Å². The Balaban J connectivity index is 1.64. The van der Waals surface area contributed by atoms with E-state index in [0.29, 0.717) is 0 Å². The Hall–Kier alpha value is -0.900. The maximum Gasteiger partial charge on any atom is 0.0917 e. The van der Waals surface area contributed by atoms with Crippen molar-refractivity contribution in [2.45, 2.75) is 68.5 Å². The molecule has 2 saturated carbocycles. The topological polar surface area (TPSA) is 49.5 Å². The first kappa shape index (κ1) is 14.4. The van der Waals surface area contributed by atoms with Gasteiger partial charge in [0.15, 0.2) is 0 Å². The van der Waals surface area contributed by atoms with Crippen LogP contribution >= 0.6 is 0 Å². The van der Waals surface area contributed by atoms with Crippen LogP contribution in [0, 0.1) is 12.8 Å². The molecule has 1 heterocycles. The fourth-order valence-electron chi connectivity index (χ4n) is 6.01. The van der Waals surface area contributed by atoms with Gasteiger partial charge in [-0.3, -0.25) is 4.90 Å². The van der Waals surface area contributed by atoms with Crippen molar-refractivity contribution in [3.63, 3.8) is 0 Å². The Morgan fingerprint density at radius 2 is 2.13 bits per heavy atom. The number of rotatable bonds is 2. The molecule has 5 rings (SSSR count). The molecule has 3 heteroatoms. The summed E-state index contributed by atoms with van der Waals surface area (Å²) in [6.07, 6.45) is 6.54. The maximum absolute atomic E-state index is 11.9. The van der Waals surface area contributed by atoms with Gasteiger partial charge in [-0.15, -0.1) is 0 Å². The number of aliphatic hydroxyl groups is 1. The monoisotopic (exact) mass is 312 g/mol. The molecule has 3 N–H and O–H groups in total. The van der Waals surface area contributed by atoms with Crippen LogP contribution in [0.25, 0.3) is 0 Å². The van der Waals surface area contributed by atoms with Crippen molar-refractivity contribution >= 4 is 0 Å². The molecular weight excluding hydrogens is 284 g/mol. The molecule has 0 amide bonds. The van der Waals surface area contributed by atoms with Crippen molar-refractivity contribution in [3.05, 3.63) is 34.9 Å². The average molecular weight is 312 g/mol. The van der Waals surface area contributed by atoms with Gasteiger partial charge in [-0.05, 0) is 69.0 Å². The highest BCUT2D eigenvalue weighted by Gasteiger charge is 2.66. The lowest BCUT2D eigenvalue weighted by Crippen LogP contribution is -2.69. The van der Waals surface area contributed by atoms with Crippen LogP contribution in [0.3, 0.4) is 0 Å². The summed E-state index contributed by atoms with van der Waals surface area (Å²) in [4.78, 5) is 2.61. The summed E-state index contributed by atoms with van der Waals surface area (Å²) in [5.41, 5.74) is 9.86. The standard InChI is InChI=1S/C20H28N2O/c1-13-2-5-15-9-18-20(23)11-16(21)10-19(20,17(15)8-13)6-7-22(18)12-14-3-4-14/h2,5,8,14,16,18,23H,3-4,6-7,9-12,21H2,1H3/t16-,18+,19+,20+/m0/s1. The Bertz CT molecular complexity index is 655. The molecule has 1 aromatic carbocycles. The number of benzene rings is 1. The van der Waals surface area contributed by atoms with Crippen LogP contribution in [0.1, 0.15) is 48.8 Å². The predicted molar refractivity (Wildman–Crippen MR) is 91.4 cm³/mol. The van der Waals surface area contributed by atoms with Crippen LogP contribution in [-0.4, -0.2) is 40.8 Å². The average Bonchev–Trinajstić information content (AvgIpc) is 3.25. The van der Waals surface area contributed by atoms with Crippen LogP contribution in [0.5, 0.6) is 0 Å². The minimum atomic E-state index is -0.625. The highest BCUT2D eigenvalue weighted by molar-refractivity contribution is 5.47. The third-order valence-corrected chi connectivity index (χ3v) is 7.21. The first-order chi connectivity index (χ1) is 11.0. The van der Waals surface area contributed by atoms with Crippen molar-refractivity contribution in [2.24, 2.45) is 11.7 Å². The largest absolute Gasteiger partial charge is 0.387 e. The molecule has 124 valence electrons. The van der Waals surface area contributed by atoms with E-state index in [1.54, 1.807) is 0 Å². The fourth-order valence-corrected chi connectivity index (χ4v) is 6.01. The van der Waals surface area contributed by atoms with Crippen LogP contribution in [-0.2, 0) is 11.8 Å². The SMILES string of the molecule is Cc1ccc2c(c1)[C@]13CCN(CC4CC4)[C@H](C2)[C@]1(O)C[C@@H](N)C3. The van der Waals surface area contributed by atoms with Gasteiger partial charge in [0, 0.05) is 24.0 Å². The van der Waals surface area contributed by atoms with E-state index in [4.69, 9.17) is 5.73 Å². The van der Waals surface area contributed by atoms with Gasteiger partial charge in [0.1, 0.15) is 0 Å². The van der Waals surface area contributed by atoms with E-state index in [2.05, 4.69) is 30.0 Å². The summed E-state index contributed by atoms with van der Waals surface area (Å²) in [6.45, 7) is 4.47. The van der Waals surface area contributed by atoms with Gasteiger partial charge in [-0.25, -0.2) is 0 Å². The fraction of sp³-hybridized carbons (Fsp3) is 0.700. The summed E-state index contributed by atoms with van der Waals surface area (Å²) < 4.78 is 0. The van der Waals surface area contributed by atoms with Crippen molar-refractivity contribution in [1.82, 2.24) is 4.90 Å². The second-order valence-electron chi connectivity index (χ2n) is 8.74. The lowest BCUT2D eigenvalue weighted by molar-refractivity contribution is -0.131. The molecule has 3 fully saturated rings. The Morgan fingerprint density at radius 3 is 2.91 bits per heavy atom. The van der Waals surface area contributed by atoms with E-state index in [0.717, 1.165) is 38.1 Å². The van der Waals surface area contributed by atoms with Gasteiger partial charge in [0.25, 0.3) is 0 Å². The van der Waals surface area contributed by atoms with E-state index >= 15 is 0 Å². The van der Waals surface area contributed by atoms with Gasteiger partial charge in [0.05, 0.1) is 5.60 Å². The van der Waals surface area contributed by atoms with Gasteiger partial charge in [-0.1, -0.05) is 23.8 Å². The molecule has 0 radical (unpaired) electrons. The van der Waals surface area contributed by atoms with E-state index in [-0.39, 0.29) is 17.5 Å². The van der Waals surface area contributed by atoms with E-state index in [1.165, 1.54) is 36.1 Å². The molecule has 1 aliphatic heterocycles. The lowest BCUT2D eigenvalue weighted by atomic mass is 9.56. The number of likely N-dealkylation sites (tertiary alicyclic amines) is 1. The first-order valence-electron chi connectivity index (χ1n) is 9.34. The number of aryl methyl sites for hydroxylation is 1. The molecule has 1 saturated heterocycles. The van der Waals surface area contributed by atoms with Crippen molar-refractivity contribution in [2.75, 3.05) is 13.1 Å². The van der Waals surface area contributed by atoms with Crippen LogP contribution in [0.4, 0.5) is 0 Å².